The van der Waals surface area contributed by atoms with E-state index in [0.29, 0.717) is 0 Å². The first-order chi connectivity index (χ1) is 13.1. The molecule has 1 aliphatic carbocycles. The van der Waals surface area contributed by atoms with Crippen molar-refractivity contribution in [1.29, 1.82) is 0 Å². The highest BCUT2D eigenvalue weighted by Gasteiger charge is 2.13. The Morgan fingerprint density at radius 2 is 1.52 bits per heavy atom. The van der Waals surface area contributed by atoms with E-state index in [0.717, 1.165) is 24.2 Å². The number of hydrogen-bond donors (Lipinski definition) is 0. The van der Waals surface area contributed by atoms with E-state index in [2.05, 4.69) is 93.6 Å². The summed E-state index contributed by atoms with van der Waals surface area (Å²) >= 11 is 0. The normalized spacial score (nSPS) is 13.9. The Balaban J connectivity index is 1.93. The molecule has 1 nitrogen and oxygen atoms in total. The third-order valence-corrected chi connectivity index (χ3v) is 5.34. The lowest BCUT2D eigenvalue weighted by molar-refractivity contribution is 0.964. The van der Waals surface area contributed by atoms with Crippen LogP contribution >= 0.6 is 0 Å². The minimum atomic E-state index is 1.04. The average molecular weight is 351 g/mol. The first-order valence-corrected chi connectivity index (χ1v) is 9.63. The molecule has 0 atom stereocenters. The zero-order chi connectivity index (χ0) is 18.8. The molecule has 2 aromatic carbocycles. The van der Waals surface area contributed by atoms with E-state index in [1.54, 1.807) is 0 Å². The lowest BCUT2D eigenvalue weighted by Gasteiger charge is -2.16. The van der Waals surface area contributed by atoms with Crippen molar-refractivity contribution in [3.05, 3.63) is 95.2 Å². The van der Waals surface area contributed by atoms with Gasteiger partial charge in [0.25, 0.3) is 0 Å². The van der Waals surface area contributed by atoms with E-state index in [1.165, 1.54) is 39.0 Å². The largest absolute Gasteiger partial charge is 0.248 e. The van der Waals surface area contributed by atoms with Crippen LogP contribution in [0.2, 0.25) is 0 Å². The molecule has 0 spiro atoms. The van der Waals surface area contributed by atoms with Crippen molar-refractivity contribution in [3.63, 3.8) is 0 Å². The van der Waals surface area contributed by atoms with Gasteiger partial charge < -0.3 is 0 Å². The number of aryl methyl sites for hydroxylation is 2. The van der Waals surface area contributed by atoms with Crippen molar-refractivity contribution < 1.29 is 0 Å². The molecule has 1 heteroatoms. The molecule has 0 N–H and O–H groups in total. The fraction of sp³-hybridized carbons (Fsp3) is 0.192. The predicted octanol–water partition coefficient (Wildman–Crippen LogP) is 7.16. The van der Waals surface area contributed by atoms with Crippen molar-refractivity contribution in [2.24, 2.45) is 0 Å². The molecule has 0 saturated carbocycles. The SMILES string of the molecule is CC1=C(c2cc(-c3ccc(C)cc3)cc(-c3ccccc3C)n2)C=CCC1. The van der Waals surface area contributed by atoms with Gasteiger partial charge in [-0.2, -0.15) is 0 Å². The van der Waals surface area contributed by atoms with Crippen LogP contribution in [0.25, 0.3) is 28.0 Å². The molecule has 0 radical (unpaired) electrons. The predicted molar refractivity (Wildman–Crippen MR) is 116 cm³/mol. The van der Waals surface area contributed by atoms with Gasteiger partial charge in [0.1, 0.15) is 0 Å². The van der Waals surface area contributed by atoms with Crippen molar-refractivity contribution in [2.75, 3.05) is 0 Å². The number of rotatable bonds is 3. The van der Waals surface area contributed by atoms with E-state index >= 15 is 0 Å². The maximum Gasteiger partial charge on any atom is 0.0718 e. The maximum atomic E-state index is 5.07. The van der Waals surface area contributed by atoms with Crippen LogP contribution in [-0.4, -0.2) is 4.98 Å². The third kappa shape index (κ3) is 3.64. The molecule has 0 saturated heterocycles. The second-order valence-corrected chi connectivity index (χ2v) is 7.44. The fourth-order valence-electron chi connectivity index (χ4n) is 3.66. The van der Waals surface area contributed by atoms with Crippen LogP contribution in [0.1, 0.15) is 36.6 Å². The highest BCUT2D eigenvalue weighted by Crippen LogP contribution is 2.33. The zero-order valence-electron chi connectivity index (χ0n) is 16.3. The molecule has 4 rings (SSSR count). The Morgan fingerprint density at radius 3 is 2.26 bits per heavy atom. The molecule has 0 unspecified atom stereocenters. The molecular weight excluding hydrogens is 326 g/mol. The average Bonchev–Trinajstić information content (AvgIpc) is 2.69. The number of aromatic nitrogens is 1. The highest BCUT2D eigenvalue weighted by molar-refractivity contribution is 5.81. The molecule has 134 valence electrons. The quantitative estimate of drug-likeness (QED) is 0.488. The van der Waals surface area contributed by atoms with Gasteiger partial charge in [0, 0.05) is 5.56 Å². The maximum absolute atomic E-state index is 5.07. The van der Waals surface area contributed by atoms with Gasteiger partial charge in [-0.05, 0) is 68.0 Å². The Bertz CT molecular complexity index is 1040. The van der Waals surface area contributed by atoms with E-state index in [4.69, 9.17) is 4.98 Å². The molecule has 0 bridgehead atoms. The first kappa shape index (κ1) is 17.5. The number of allylic oxidation sites excluding steroid dienone is 4. The minimum absolute atomic E-state index is 1.04. The van der Waals surface area contributed by atoms with Crippen molar-refractivity contribution in [2.45, 2.75) is 33.6 Å². The van der Waals surface area contributed by atoms with Gasteiger partial charge in [-0.15, -0.1) is 0 Å². The summed E-state index contributed by atoms with van der Waals surface area (Å²) in [5.41, 5.74) is 11.0. The third-order valence-electron chi connectivity index (χ3n) is 5.34. The summed E-state index contributed by atoms with van der Waals surface area (Å²) in [6.45, 7) is 6.51. The van der Waals surface area contributed by atoms with Crippen molar-refractivity contribution >= 4 is 5.57 Å². The monoisotopic (exact) mass is 351 g/mol. The molecule has 3 aromatic rings. The van der Waals surface area contributed by atoms with Gasteiger partial charge in [-0.25, -0.2) is 4.98 Å². The van der Waals surface area contributed by atoms with Crippen LogP contribution in [-0.2, 0) is 0 Å². The van der Waals surface area contributed by atoms with E-state index in [-0.39, 0.29) is 0 Å². The van der Waals surface area contributed by atoms with Gasteiger partial charge in [0.2, 0.25) is 0 Å². The van der Waals surface area contributed by atoms with Crippen LogP contribution in [0, 0.1) is 13.8 Å². The number of benzene rings is 2. The summed E-state index contributed by atoms with van der Waals surface area (Å²) in [5.74, 6) is 0. The van der Waals surface area contributed by atoms with Crippen LogP contribution in [0.4, 0.5) is 0 Å². The molecule has 0 fully saturated rings. The van der Waals surface area contributed by atoms with Gasteiger partial charge in [0.15, 0.2) is 0 Å². The standard InChI is InChI=1S/C26H25N/c1-18-12-14-21(15-13-18)22-16-25(23-10-6-4-8-19(23)2)27-26(17-22)24-11-7-5-9-20(24)3/h4,6-8,10-17H,5,9H2,1-3H3. The fourth-order valence-corrected chi connectivity index (χ4v) is 3.66. The molecule has 1 aromatic heterocycles. The molecule has 0 aliphatic heterocycles. The van der Waals surface area contributed by atoms with Gasteiger partial charge in [0.05, 0.1) is 11.4 Å². The van der Waals surface area contributed by atoms with Gasteiger partial charge >= 0.3 is 0 Å². The lowest BCUT2D eigenvalue weighted by Crippen LogP contribution is -1.98. The Morgan fingerprint density at radius 1 is 0.778 bits per heavy atom. The Hall–Kier alpha value is -2.93. The van der Waals surface area contributed by atoms with E-state index < -0.39 is 0 Å². The summed E-state index contributed by atoms with van der Waals surface area (Å²) in [6.07, 6.45) is 6.73. The number of hydrogen-bond acceptors (Lipinski definition) is 1. The van der Waals surface area contributed by atoms with Crippen LogP contribution in [0.5, 0.6) is 0 Å². The van der Waals surface area contributed by atoms with Crippen molar-refractivity contribution in [1.82, 2.24) is 4.98 Å². The summed E-state index contributed by atoms with van der Waals surface area (Å²) in [6, 6.07) is 21.7. The van der Waals surface area contributed by atoms with Crippen molar-refractivity contribution in [3.8, 4) is 22.4 Å². The van der Waals surface area contributed by atoms with Crippen LogP contribution in [0.3, 0.4) is 0 Å². The topological polar surface area (TPSA) is 12.9 Å². The van der Waals surface area contributed by atoms with Gasteiger partial charge in [-0.3, -0.25) is 0 Å². The van der Waals surface area contributed by atoms with E-state index in [9.17, 15) is 0 Å². The highest BCUT2D eigenvalue weighted by atomic mass is 14.7. The molecule has 27 heavy (non-hydrogen) atoms. The summed E-state index contributed by atoms with van der Waals surface area (Å²) < 4.78 is 0. The molecule has 0 amide bonds. The Kier molecular flexibility index (Phi) is 4.77. The second-order valence-electron chi connectivity index (χ2n) is 7.44. The van der Waals surface area contributed by atoms with E-state index in [1.807, 2.05) is 0 Å². The lowest BCUT2D eigenvalue weighted by atomic mass is 9.93. The first-order valence-electron chi connectivity index (χ1n) is 9.63. The molecular formula is C26H25N. The smallest absolute Gasteiger partial charge is 0.0718 e. The van der Waals surface area contributed by atoms with Crippen LogP contribution in [0.15, 0.2) is 78.4 Å². The molecule has 1 heterocycles. The van der Waals surface area contributed by atoms with Crippen LogP contribution < -0.4 is 0 Å². The second kappa shape index (κ2) is 7.36. The number of pyridine rings is 1. The summed E-state index contributed by atoms with van der Waals surface area (Å²) in [7, 11) is 0. The minimum Gasteiger partial charge on any atom is -0.248 e. The summed E-state index contributed by atoms with van der Waals surface area (Å²) in [4.78, 5) is 5.07. The Labute approximate surface area is 162 Å². The zero-order valence-corrected chi connectivity index (χ0v) is 16.3. The van der Waals surface area contributed by atoms with Gasteiger partial charge in [-0.1, -0.05) is 71.8 Å². The molecule has 1 aliphatic rings. The summed E-state index contributed by atoms with van der Waals surface area (Å²) in [5, 5.41) is 0. The number of nitrogens with zero attached hydrogens (tertiary/aromatic N) is 1.